The van der Waals surface area contributed by atoms with E-state index in [4.69, 9.17) is 4.74 Å². The second kappa shape index (κ2) is 13.4. The number of benzene rings is 2. The van der Waals surface area contributed by atoms with Gasteiger partial charge < -0.3 is 4.74 Å². The monoisotopic (exact) mass is 582 g/mol. The maximum Gasteiger partial charge on any atom is 0.166 e. The molecule has 234 valence electrons. The second-order valence-corrected chi connectivity index (χ2v) is 14.5. The van der Waals surface area contributed by atoms with E-state index in [0.29, 0.717) is 22.7 Å². The minimum absolute atomic E-state index is 0.250. The standard InChI is InChI=1S/C18H24O.C18H24.C5H10O/c1-4-12-9-15-14(17(12)19)8-7-13-10-18(5-2,6-3)11-16(13)15;1-4-13-9-14-7-8-15-11-18(5-2,6-3)12-17(15)16(14)10-13;1-5-3-2-4-6-5/h7-8,12H,4-6,9-11H2,1-3H3;7-9H,4-6,10-12H2,1-3H3;5H,2-4H2,1H3. The Morgan fingerprint density at radius 2 is 1.37 bits per heavy atom. The minimum Gasteiger partial charge on any atom is -0.379 e. The lowest BCUT2D eigenvalue weighted by Crippen LogP contribution is -2.18. The Bertz CT molecular complexity index is 1330. The molecule has 2 aromatic carbocycles. The van der Waals surface area contributed by atoms with Crippen LogP contribution in [0.1, 0.15) is 149 Å². The molecule has 2 nitrogen and oxygen atoms in total. The maximum atomic E-state index is 12.3. The van der Waals surface area contributed by atoms with Gasteiger partial charge in [0.05, 0.1) is 6.10 Å². The molecule has 2 heteroatoms. The number of ether oxygens (including phenoxy) is 1. The first kappa shape index (κ1) is 32.2. The molecule has 0 bridgehead atoms. The van der Waals surface area contributed by atoms with Crippen molar-refractivity contribution in [2.75, 3.05) is 6.61 Å². The summed E-state index contributed by atoms with van der Waals surface area (Å²) in [5.74, 6) is 0.644. The summed E-state index contributed by atoms with van der Waals surface area (Å²) < 4.78 is 5.15. The molecule has 7 rings (SSSR count). The molecule has 1 fully saturated rings. The van der Waals surface area contributed by atoms with Gasteiger partial charge >= 0.3 is 0 Å². The third kappa shape index (κ3) is 6.33. The van der Waals surface area contributed by atoms with E-state index in [1.165, 1.54) is 99.3 Å². The molecule has 2 aromatic rings. The van der Waals surface area contributed by atoms with E-state index < -0.39 is 0 Å². The summed E-state index contributed by atoms with van der Waals surface area (Å²) in [6, 6.07) is 9.10. The molecule has 1 aliphatic heterocycles. The van der Waals surface area contributed by atoms with Gasteiger partial charge in [0.2, 0.25) is 0 Å². The van der Waals surface area contributed by atoms with Crippen molar-refractivity contribution in [3.8, 4) is 0 Å². The van der Waals surface area contributed by atoms with Gasteiger partial charge in [-0.05, 0) is 147 Å². The second-order valence-electron chi connectivity index (χ2n) is 14.5. The van der Waals surface area contributed by atoms with E-state index in [9.17, 15) is 4.79 Å². The summed E-state index contributed by atoms with van der Waals surface area (Å²) in [6.07, 6.45) is 20.1. The van der Waals surface area contributed by atoms with Crippen LogP contribution in [-0.2, 0) is 43.3 Å². The van der Waals surface area contributed by atoms with Gasteiger partial charge in [0.15, 0.2) is 5.78 Å². The first-order chi connectivity index (χ1) is 20.7. The zero-order chi connectivity index (χ0) is 30.8. The highest BCUT2D eigenvalue weighted by Crippen LogP contribution is 2.47. The van der Waals surface area contributed by atoms with Crippen molar-refractivity contribution in [1.29, 1.82) is 0 Å². The number of hydrogen-bond donors (Lipinski definition) is 0. The van der Waals surface area contributed by atoms with Gasteiger partial charge in [-0.15, -0.1) is 0 Å². The molecule has 5 aliphatic rings. The average molecular weight is 583 g/mol. The van der Waals surface area contributed by atoms with Gasteiger partial charge in [0.25, 0.3) is 0 Å². The van der Waals surface area contributed by atoms with Crippen LogP contribution in [-0.4, -0.2) is 18.5 Å². The average Bonchev–Trinajstić information content (AvgIpc) is 3.86. The number of fused-ring (bicyclic) bond motifs is 6. The maximum absolute atomic E-state index is 12.3. The third-order valence-corrected chi connectivity index (χ3v) is 12.3. The van der Waals surface area contributed by atoms with Crippen molar-refractivity contribution in [3.05, 3.63) is 74.3 Å². The molecule has 0 aromatic heterocycles. The quantitative estimate of drug-likeness (QED) is 0.339. The molecule has 1 heterocycles. The molecule has 43 heavy (non-hydrogen) atoms. The topological polar surface area (TPSA) is 26.3 Å². The SMILES string of the molecule is CC1CCCO1.CCC1=Cc2ccc3c(c2C1)CC(CC)(CC)C3.CCC1Cc2c(ccc3c2CC(CC)(CC)C3)C1=O. The van der Waals surface area contributed by atoms with E-state index in [0.717, 1.165) is 25.0 Å². The molecule has 0 radical (unpaired) electrons. The van der Waals surface area contributed by atoms with Crippen molar-refractivity contribution in [2.24, 2.45) is 16.7 Å². The summed E-state index contributed by atoms with van der Waals surface area (Å²) in [4.78, 5) is 12.3. The number of hydrogen-bond acceptors (Lipinski definition) is 2. The van der Waals surface area contributed by atoms with Gasteiger partial charge in [-0.1, -0.05) is 77.5 Å². The Kier molecular flexibility index (Phi) is 10.1. The lowest BCUT2D eigenvalue weighted by Gasteiger charge is -2.25. The van der Waals surface area contributed by atoms with Crippen LogP contribution in [0.5, 0.6) is 0 Å². The predicted molar refractivity (Wildman–Crippen MR) is 182 cm³/mol. The molecule has 2 atom stereocenters. The van der Waals surface area contributed by atoms with Crippen LogP contribution >= 0.6 is 0 Å². The van der Waals surface area contributed by atoms with Crippen LogP contribution in [0.25, 0.3) is 6.08 Å². The number of carbonyl (C=O) groups is 1. The highest BCUT2D eigenvalue weighted by atomic mass is 16.5. The number of rotatable bonds is 6. The molecule has 2 unspecified atom stereocenters. The Labute approximate surface area is 263 Å². The van der Waals surface area contributed by atoms with Gasteiger partial charge in [0.1, 0.15) is 0 Å². The fraction of sp³-hybridized carbons (Fsp3) is 0.634. The van der Waals surface area contributed by atoms with E-state index in [1.807, 2.05) is 0 Å². The van der Waals surface area contributed by atoms with Crippen molar-refractivity contribution >= 4 is 11.9 Å². The van der Waals surface area contributed by atoms with Crippen LogP contribution in [0.4, 0.5) is 0 Å². The summed E-state index contributed by atoms with van der Waals surface area (Å²) in [6.45, 7) is 16.9. The molecule has 0 saturated carbocycles. The Morgan fingerprint density at radius 3 is 1.86 bits per heavy atom. The first-order valence-corrected chi connectivity index (χ1v) is 17.9. The summed E-state index contributed by atoms with van der Waals surface area (Å²) in [7, 11) is 0. The van der Waals surface area contributed by atoms with Crippen molar-refractivity contribution in [1.82, 2.24) is 0 Å². The summed E-state index contributed by atoms with van der Waals surface area (Å²) in [5, 5.41) is 0. The van der Waals surface area contributed by atoms with E-state index in [2.05, 4.69) is 78.8 Å². The largest absolute Gasteiger partial charge is 0.379 e. The number of ketones is 1. The summed E-state index contributed by atoms with van der Waals surface area (Å²) in [5.41, 5.74) is 14.6. The van der Waals surface area contributed by atoms with Crippen LogP contribution in [0.2, 0.25) is 0 Å². The highest BCUT2D eigenvalue weighted by molar-refractivity contribution is 6.02. The first-order valence-electron chi connectivity index (χ1n) is 17.9. The lowest BCUT2D eigenvalue weighted by molar-refractivity contribution is 0.0934. The zero-order valence-electron chi connectivity index (χ0n) is 28.5. The van der Waals surface area contributed by atoms with E-state index in [1.54, 1.807) is 22.3 Å². The number of Topliss-reactive ketones (excluding diaryl/α,β-unsaturated/α-hetero) is 1. The van der Waals surface area contributed by atoms with Crippen LogP contribution in [0.3, 0.4) is 0 Å². The molecule has 0 amide bonds. The molecular weight excluding hydrogens is 524 g/mol. The van der Waals surface area contributed by atoms with Crippen LogP contribution in [0.15, 0.2) is 29.8 Å². The van der Waals surface area contributed by atoms with Gasteiger partial charge in [-0.25, -0.2) is 0 Å². The zero-order valence-corrected chi connectivity index (χ0v) is 28.5. The van der Waals surface area contributed by atoms with Crippen LogP contribution < -0.4 is 0 Å². The lowest BCUT2D eigenvalue weighted by atomic mass is 9.79. The fourth-order valence-electron chi connectivity index (χ4n) is 8.62. The third-order valence-electron chi connectivity index (χ3n) is 12.3. The molecule has 1 saturated heterocycles. The van der Waals surface area contributed by atoms with Crippen LogP contribution in [0, 0.1) is 16.7 Å². The van der Waals surface area contributed by atoms with Gasteiger partial charge in [0, 0.05) is 18.1 Å². The smallest absolute Gasteiger partial charge is 0.166 e. The Morgan fingerprint density at radius 1 is 0.767 bits per heavy atom. The minimum atomic E-state index is 0.250. The van der Waals surface area contributed by atoms with Crippen molar-refractivity contribution in [3.63, 3.8) is 0 Å². The number of allylic oxidation sites excluding steroid dienone is 1. The number of carbonyl (C=O) groups excluding carboxylic acids is 1. The normalized spacial score (nSPS) is 23.4. The van der Waals surface area contributed by atoms with Gasteiger partial charge in [-0.3, -0.25) is 4.79 Å². The van der Waals surface area contributed by atoms with E-state index >= 15 is 0 Å². The molecule has 0 spiro atoms. The summed E-state index contributed by atoms with van der Waals surface area (Å²) >= 11 is 0. The molecular formula is C41H58O2. The Balaban J connectivity index is 0.000000144. The molecule has 0 N–H and O–H groups in total. The predicted octanol–water partition coefficient (Wildman–Crippen LogP) is 10.5. The van der Waals surface area contributed by atoms with E-state index in [-0.39, 0.29) is 5.92 Å². The Hall–Kier alpha value is -2.19. The van der Waals surface area contributed by atoms with Crippen molar-refractivity contribution < 1.29 is 9.53 Å². The molecule has 4 aliphatic carbocycles. The van der Waals surface area contributed by atoms with Crippen molar-refractivity contribution in [2.45, 2.75) is 144 Å². The highest BCUT2D eigenvalue weighted by Gasteiger charge is 2.40. The van der Waals surface area contributed by atoms with Gasteiger partial charge in [-0.2, -0.15) is 0 Å². The fourth-order valence-corrected chi connectivity index (χ4v) is 8.62.